The van der Waals surface area contributed by atoms with Crippen LogP contribution >= 0.6 is 0 Å². The Morgan fingerprint density at radius 2 is 2.22 bits per heavy atom. The van der Waals surface area contributed by atoms with Gasteiger partial charge in [-0.15, -0.1) is 0 Å². The molecule has 1 atom stereocenters. The van der Waals surface area contributed by atoms with Crippen molar-refractivity contribution in [3.8, 4) is 0 Å². The lowest BCUT2D eigenvalue weighted by Gasteiger charge is -2.12. The Morgan fingerprint density at radius 1 is 1.50 bits per heavy atom. The van der Waals surface area contributed by atoms with Crippen LogP contribution in [-0.2, 0) is 16.1 Å². The first-order chi connectivity index (χ1) is 8.49. The predicted octanol–water partition coefficient (Wildman–Crippen LogP) is -1.20. The zero-order valence-electron chi connectivity index (χ0n) is 9.25. The lowest BCUT2D eigenvalue weighted by Crippen LogP contribution is -2.47. The number of primary amides is 1. The molecule has 0 saturated carbocycles. The van der Waals surface area contributed by atoms with Crippen LogP contribution in [-0.4, -0.2) is 34.2 Å². The van der Waals surface area contributed by atoms with E-state index in [4.69, 9.17) is 10.8 Å². The van der Waals surface area contributed by atoms with Gasteiger partial charge in [-0.05, 0) is 0 Å². The highest BCUT2D eigenvalue weighted by atomic mass is 16.5. The topological polar surface area (TPSA) is 148 Å². The molecule has 9 nitrogen and oxygen atoms in total. The van der Waals surface area contributed by atoms with E-state index in [9.17, 15) is 14.4 Å². The molecule has 0 aliphatic carbocycles. The summed E-state index contributed by atoms with van der Waals surface area (Å²) in [6, 6.07) is -0.565. The Kier molecular flexibility index (Phi) is 4.67. The van der Waals surface area contributed by atoms with E-state index in [1.54, 1.807) is 6.07 Å². The fraction of sp³-hybridized carbons (Fsp3) is 0.333. The van der Waals surface area contributed by atoms with Crippen LogP contribution in [0.3, 0.4) is 0 Å². The van der Waals surface area contributed by atoms with E-state index in [0.29, 0.717) is 5.69 Å². The molecule has 1 aromatic heterocycles. The number of aliphatic carboxylic acids is 1. The molecule has 0 aliphatic heterocycles. The smallest absolute Gasteiger partial charge is 0.326 e. The highest BCUT2D eigenvalue weighted by Gasteiger charge is 2.21. The average Bonchev–Trinajstić information content (AvgIpc) is 2.77. The van der Waals surface area contributed by atoms with Crippen LogP contribution in [0.25, 0.3) is 0 Å². The summed E-state index contributed by atoms with van der Waals surface area (Å²) in [5, 5.41) is 16.7. The zero-order chi connectivity index (χ0) is 13.5. The third-order valence-electron chi connectivity index (χ3n) is 1.93. The van der Waals surface area contributed by atoms with Crippen molar-refractivity contribution in [2.24, 2.45) is 5.73 Å². The molecule has 0 spiro atoms. The summed E-state index contributed by atoms with van der Waals surface area (Å²) >= 11 is 0. The molecule has 1 heterocycles. The Bertz CT molecular complexity index is 430. The Morgan fingerprint density at radius 3 is 2.72 bits per heavy atom. The normalized spacial score (nSPS) is 11.6. The molecule has 18 heavy (non-hydrogen) atoms. The van der Waals surface area contributed by atoms with Gasteiger partial charge in [0.05, 0.1) is 13.0 Å². The number of hydrogen-bond donors (Lipinski definition) is 4. The average molecular weight is 256 g/mol. The van der Waals surface area contributed by atoms with Gasteiger partial charge in [-0.3, -0.25) is 4.79 Å². The van der Waals surface area contributed by atoms with Crippen LogP contribution in [0.4, 0.5) is 4.79 Å². The van der Waals surface area contributed by atoms with Crippen molar-refractivity contribution in [3.63, 3.8) is 0 Å². The minimum absolute atomic E-state index is 0.0746. The maximum absolute atomic E-state index is 11.3. The summed E-state index contributed by atoms with van der Waals surface area (Å²) in [6.07, 6.45) is 0.856. The fourth-order valence-electron chi connectivity index (χ4n) is 1.11. The number of amides is 3. The van der Waals surface area contributed by atoms with Crippen LogP contribution in [0.2, 0.25) is 0 Å². The van der Waals surface area contributed by atoms with Crippen LogP contribution < -0.4 is 16.4 Å². The number of carbonyl (C=O) groups excluding carboxylic acids is 2. The quantitative estimate of drug-likeness (QED) is 0.502. The largest absolute Gasteiger partial charge is 0.480 e. The zero-order valence-corrected chi connectivity index (χ0v) is 9.25. The van der Waals surface area contributed by atoms with Crippen molar-refractivity contribution in [3.05, 3.63) is 18.0 Å². The molecule has 0 aliphatic rings. The molecular formula is C9H12N4O5. The van der Waals surface area contributed by atoms with Crippen molar-refractivity contribution in [1.29, 1.82) is 0 Å². The van der Waals surface area contributed by atoms with Gasteiger partial charge < -0.3 is 26.0 Å². The highest BCUT2D eigenvalue weighted by Crippen LogP contribution is 1.94. The molecule has 1 unspecified atom stereocenters. The number of urea groups is 1. The van der Waals surface area contributed by atoms with Crippen molar-refractivity contribution >= 4 is 17.9 Å². The van der Waals surface area contributed by atoms with Gasteiger partial charge in [-0.1, -0.05) is 5.16 Å². The molecule has 3 amide bonds. The Balaban J connectivity index is 2.41. The number of rotatable bonds is 6. The standard InChI is InChI=1S/C9H12N4O5/c10-7(14)3-6(8(15)16)12-9(17)11-4-5-1-2-18-13-5/h1-2,6H,3-4H2,(H2,10,14)(H,15,16)(H2,11,12,17). The Labute approximate surface area is 101 Å². The second-order valence-corrected chi connectivity index (χ2v) is 3.38. The summed E-state index contributed by atoms with van der Waals surface area (Å²) in [6.45, 7) is 0.0746. The predicted molar refractivity (Wildman–Crippen MR) is 57.1 cm³/mol. The van der Waals surface area contributed by atoms with Gasteiger partial charge in [-0.25, -0.2) is 9.59 Å². The number of nitrogens with zero attached hydrogens (tertiary/aromatic N) is 1. The van der Waals surface area contributed by atoms with Crippen LogP contribution in [0, 0.1) is 0 Å². The molecular weight excluding hydrogens is 244 g/mol. The molecule has 0 radical (unpaired) electrons. The summed E-state index contributed by atoms with van der Waals surface area (Å²) in [4.78, 5) is 32.7. The van der Waals surface area contributed by atoms with Crippen LogP contribution in [0.5, 0.6) is 0 Å². The molecule has 0 saturated heterocycles. The fourth-order valence-corrected chi connectivity index (χ4v) is 1.11. The number of nitrogens with one attached hydrogen (secondary N) is 2. The van der Waals surface area contributed by atoms with Crippen molar-refractivity contribution in [2.45, 2.75) is 19.0 Å². The molecule has 1 aromatic rings. The van der Waals surface area contributed by atoms with Gasteiger partial charge in [0.15, 0.2) is 0 Å². The van der Waals surface area contributed by atoms with E-state index >= 15 is 0 Å². The van der Waals surface area contributed by atoms with Crippen molar-refractivity contribution < 1.29 is 24.0 Å². The van der Waals surface area contributed by atoms with E-state index in [0.717, 1.165) is 0 Å². The van der Waals surface area contributed by atoms with Crippen molar-refractivity contribution in [1.82, 2.24) is 15.8 Å². The maximum atomic E-state index is 11.3. The molecule has 0 fully saturated rings. The van der Waals surface area contributed by atoms with Gasteiger partial charge in [0, 0.05) is 6.07 Å². The molecule has 0 aromatic carbocycles. The monoisotopic (exact) mass is 256 g/mol. The van der Waals surface area contributed by atoms with E-state index < -0.39 is 30.4 Å². The number of aromatic nitrogens is 1. The van der Waals surface area contributed by atoms with Crippen molar-refractivity contribution in [2.75, 3.05) is 0 Å². The van der Waals surface area contributed by atoms with E-state index in [1.807, 2.05) is 0 Å². The second-order valence-electron chi connectivity index (χ2n) is 3.38. The molecule has 0 bridgehead atoms. The molecule has 1 rings (SSSR count). The van der Waals surface area contributed by atoms with E-state index in [1.165, 1.54) is 6.26 Å². The number of hydrogen-bond acceptors (Lipinski definition) is 5. The van der Waals surface area contributed by atoms with Crippen LogP contribution in [0.15, 0.2) is 16.9 Å². The molecule has 9 heteroatoms. The van der Waals surface area contributed by atoms with E-state index in [2.05, 4.69) is 20.3 Å². The lowest BCUT2D eigenvalue weighted by molar-refractivity contribution is -0.140. The number of carboxylic acids is 1. The first-order valence-electron chi connectivity index (χ1n) is 4.93. The second kappa shape index (κ2) is 6.23. The van der Waals surface area contributed by atoms with Gasteiger partial charge in [-0.2, -0.15) is 0 Å². The molecule has 98 valence electrons. The minimum atomic E-state index is -1.36. The lowest BCUT2D eigenvalue weighted by atomic mass is 10.2. The van der Waals surface area contributed by atoms with Gasteiger partial charge in [0.1, 0.15) is 18.0 Å². The maximum Gasteiger partial charge on any atom is 0.326 e. The summed E-state index contributed by atoms with van der Waals surface area (Å²) in [5.41, 5.74) is 5.34. The van der Waals surface area contributed by atoms with Gasteiger partial charge >= 0.3 is 12.0 Å². The summed E-state index contributed by atoms with van der Waals surface area (Å²) in [7, 11) is 0. The SMILES string of the molecule is NC(=O)CC(NC(=O)NCc1ccon1)C(=O)O. The number of nitrogens with two attached hydrogens (primary N) is 1. The third kappa shape index (κ3) is 4.51. The van der Waals surface area contributed by atoms with Gasteiger partial charge in [0.2, 0.25) is 5.91 Å². The van der Waals surface area contributed by atoms with E-state index in [-0.39, 0.29) is 6.54 Å². The summed E-state index contributed by atoms with van der Waals surface area (Å²) < 4.78 is 4.54. The number of carboxylic acid groups (broad SMARTS) is 1. The number of carbonyl (C=O) groups is 3. The summed E-state index contributed by atoms with van der Waals surface area (Å²) in [5.74, 6) is -2.16. The minimum Gasteiger partial charge on any atom is -0.480 e. The van der Waals surface area contributed by atoms with Gasteiger partial charge in [0.25, 0.3) is 0 Å². The Hall–Kier alpha value is -2.58. The molecule has 5 N–H and O–H groups in total. The first kappa shape index (κ1) is 13.5. The third-order valence-corrected chi connectivity index (χ3v) is 1.93. The first-order valence-corrected chi connectivity index (χ1v) is 4.93. The van der Waals surface area contributed by atoms with Crippen LogP contribution in [0.1, 0.15) is 12.1 Å². The highest BCUT2D eigenvalue weighted by molar-refractivity contribution is 5.87.